The minimum Gasteiger partial charge on any atom is -0.353 e. The molecule has 1 atom stereocenters. The number of hydrogen-bond acceptors (Lipinski definition) is 3. The zero-order valence-corrected chi connectivity index (χ0v) is 17.3. The van der Waals surface area contributed by atoms with E-state index in [0.717, 1.165) is 25.7 Å². The highest BCUT2D eigenvalue weighted by atomic mass is 16.2. The van der Waals surface area contributed by atoms with Gasteiger partial charge >= 0.3 is 0 Å². The first-order chi connectivity index (χ1) is 14.6. The van der Waals surface area contributed by atoms with Gasteiger partial charge in [-0.1, -0.05) is 80.6 Å². The van der Waals surface area contributed by atoms with Crippen molar-refractivity contribution in [2.45, 2.75) is 57.4 Å². The van der Waals surface area contributed by atoms with Crippen LogP contribution in [0.15, 0.2) is 60.7 Å². The van der Waals surface area contributed by atoms with Gasteiger partial charge in [-0.05, 0) is 25.0 Å². The van der Waals surface area contributed by atoms with Crippen LogP contribution < -0.4 is 10.6 Å². The fraction of sp³-hybridized carbons (Fsp3) is 0.400. The van der Waals surface area contributed by atoms with E-state index in [2.05, 4.69) is 10.6 Å². The molecule has 30 heavy (non-hydrogen) atoms. The summed E-state index contributed by atoms with van der Waals surface area (Å²) in [5, 5.41) is 5.85. The molecule has 2 N–H and O–H groups in total. The summed E-state index contributed by atoms with van der Waals surface area (Å²) in [4.78, 5) is 38.8. The first kappa shape index (κ1) is 21.8. The lowest BCUT2D eigenvalue weighted by atomic mass is 9.92. The van der Waals surface area contributed by atoms with Crippen LogP contribution in [0.3, 0.4) is 0 Å². The van der Waals surface area contributed by atoms with Crippen molar-refractivity contribution in [3.63, 3.8) is 0 Å². The lowest BCUT2D eigenvalue weighted by Crippen LogP contribution is -2.40. The molecule has 0 aromatic heterocycles. The molecule has 0 radical (unpaired) electrons. The summed E-state index contributed by atoms with van der Waals surface area (Å²) in [5.41, 5.74) is 1.04. The molecule has 0 bridgehead atoms. The summed E-state index contributed by atoms with van der Waals surface area (Å²) in [7, 11) is 0. The molecule has 5 heteroatoms. The molecule has 0 spiro atoms. The SMILES string of the molecule is O=C(C[C@@H](C(=O)Nc1ccccc1)C(=O)c1ccccc1)NC1CCCCCCC1. The molecule has 2 amide bonds. The third-order valence-corrected chi connectivity index (χ3v) is 5.59. The number of rotatable bonds is 7. The van der Waals surface area contributed by atoms with Gasteiger partial charge in [0.15, 0.2) is 5.78 Å². The average Bonchev–Trinajstić information content (AvgIpc) is 2.74. The van der Waals surface area contributed by atoms with Crippen LogP contribution in [-0.2, 0) is 9.59 Å². The van der Waals surface area contributed by atoms with E-state index in [1.807, 2.05) is 24.3 Å². The number of ketones is 1. The maximum Gasteiger partial charge on any atom is 0.235 e. The summed E-state index contributed by atoms with van der Waals surface area (Å²) in [6, 6.07) is 17.8. The van der Waals surface area contributed by atoms with Gasteiger partial charge in [-0.3, -0.25) is 14.4 Å². The van der Waals surface area contributed by atoms with Crippen molar-refractivity contribution in [2.24, 2.45) is 5.92 Å². The molecular formula is C25H30N2O3. The maximum absolute atomic E-state index is 13.1. The zero-order valence-electron chi connectivity index (χ0n) is 17.3. The Balaban J connectivity index is 1.70. The predicted molar refractivity (Wildman–Crippen MR) is 118 cm³/mol. The molecule has 0 unspecified atom stereocenters. The third kappa shape index (κ3) is 6.55. The molecule has 2 aromatic rings. The van der Waals surface area contributed by atoms with Crippen molar-refractivity contribution in [3.8, 4) is 0 Å². The number of carbonyl (C=O) groups excluding carboxylic acids is 3. The van der Waals surface area contributed by atoms with Crippen LogP contribution in [-0.4, -0.2) is 23.6 Å². The van der Waals surface area contributed by atoms with Crippen LogP contribution in [0.4, 0.5) is 5.69 Å². The molecule has 0 saturated heterocycles. The molecule has 0 aliphatic heterocycles. The smallest absolute Gasteiger partial charge is 0.235 e. The number of para-hydroxylation sites is 1. The van der Waals surface area contributed by atoms with E-state index >= 15 is 0 Å². The minimum atomic E-state index is -1.07. The van der Waals surface area contributed by atoms with Gasteiger partial charge in [0.1, 0.15) is 5.92 Å². The number of anilines is 1. The van der Waals surface area contributed by atoms with Crippen molar-refractivity contribution in [2.75, 3.05) is 5.32 Å². The molecule has 1 saturated carbocycles. The molecule has 1 fully saturated rings. The Hall–Kier alpha value is -2.95. The number of carbonyl (C=O) groups is 3. The molecular weight excluding hydrogens is 376 g/mol. The quantitative estimate of drug-likeness (QED) is 0.515. The number of hydrogen-bond donors (Lipinski definition) is 2. The van der Waals surface area contributed by atoms with Crippen molar-refractivity contribution in [1.82, 2.24) is 5.32 Å². The van der Waals surface area contributed by atoms with Gasteiger partial charge in [0.05, 0.1) is 0 Å². The Labute approximate surface area is 178 Å². The van der Waals surface area contributed by atoms with Gasteiger partial charge in [-0.25, -0.2) is 0 Å². The molecule has 0 heterocycles. The Morgan fingerprint density at radius 1 is 0.800 bits per heavy atom. The Kier molecular flexibility index (Phi) is 8.19. The molecule has 158 valence electrons. The Bertz CT molecular complexity index is 828. The van der Waals surface area contributed by atoms with Crippen molar-refractivity contribution in [1.29, 1.82) is 0 Å². The highest BCUT2D eigenvalue weighted by molar-refractivity contribution is 6.15. The van der Waals surface area contributed by atoms with Crippen molar-refractivity contribution < 1.29 is 14.4 Å². The van der Waals surface area contributed by atoms with Crippen LogP contribution >= 0.6 is 0 Å². The summed E-state index contributed by atoms with van der Waals surface area (Å²) < 4.78 is 0. The normalized spacial score (nSPS) is 16.0. The monoisotopic (exact) mass is 406 g/mol. The second-order valence-electron chi connectivity index (χ2n) is 7.95. The maximum atomic E-state index is 13.1. The average molecular weight is 407 g/mol. The lowest BCUT2D eigenvalue weighted by Gasteiger charge is -2.22. The minimum absolute atomic E-state index is 0.127. The van der Waals surface area contributed by atoms with Gasteiger partial charge < -0.3 is 10.6 Å². The van der Waals surface area contributed by atoms with E-state index in [0.29, 0.717) is 11.3 Å². The van der Waals surface area contributed by atoms with Crippen LogP contribution in [0.5, 0.6) is 0 Å². The summed E-state index contributed by atoms with van der Waals surface area (Å²) in [6.45, 7) is 0. The van der Waals surface area contributed by atoms with E-state index in [9.17, 15) is 14.4 Å². The highest BCUT2D eigenvalue weighted by Gasteiger charge is 2.31. The van der Waals surface area contributed by atoms with E-state index in [1.54, 1.807) is 36.4 Å². The molecule has 2 aromatic carbocycles. The van der Waals surface area contributed by atoms with E-state index in [-0.39, 0.29) is 24.2 Å². The topological polar surface area (TPSA) is 75.3 Å². The van der Waals surface area contributed by atoms with E-state index < -0.39 is 11.8 Å². The number of benzene rings is 2. The molecule has 1 aliphatic rings. The first-order valence-electron chi connectivity index (χ1n) is 10.9. The largest absolute Gasteiger partial charge is 0.353 e. The second kappa shape index (κ2) is 11.3. The van der Waals surface area contributed by atoms with Gasteiger partial charge in [-0.2, -0.15) is 0 Å². The molecule has 1 aliphatic carbocycles. The summed E-state index contributed by atoms with van der Waals surface area (Å²) >= 11 is 0. The summed E-state index contributed by atoms with van der Waals surface area (Å²) in [6.07, 6.45) is 7.62. The fourth-order valence-electron chi connectivity index (χ4n) is 3.93. The standard InChI is InChI=1S/C25H30N2O3/c28-23(26-20-14-8-2-1-3-9-15-20)18-22(24(29)19-12-6-4-7-13-19)25(30)27-21-16-10-5-11-17-21/h4-7,10-13,16-17,20,22H,1-3,8-9,14-15,18H2,(H,26,28)(H,27,30)/t22-/m1/s1. The molecule has 5 nitrogen and oxygen atoms in total. The van der Waals surface area contributed by atoms with Crippen molar-refractivity contribution >= 4 is 23.3 Å². The highest BCUT2D eigenvalue weighted by Crippen LogP contribution is 2.19. The lowest BCUT2D eigenvalue weighted by molar-refractivity contribution is -0.126. The van der Waals surface area contributed by atoms with Crippen molar-refractivity contribution in [3.05, 3.63) is 66.2 Å². The number of nitrogens with one attached hydrogen (secondary N) is 2. The third-order valence-electron chi connectivity index (χ3n) is 5.59. The van der Waals surface area contributed by atoms with Crippen LogP contribution in [0, 0.1) is 5.92 Å². The van der Waals surface area contributed by atoms with Gasteiger partial charge in [0.2, 0.25) is 11.8 Å². The van der Waals surface area contributed by atoms with E-state index in [4.69, 9.17) is 0 Å². The zero-order chi connectivity index (χ0) is 21.2. The Morgan fingerprint density at radius 2 is 1.37 bits per heavy atom. The van der Waals surface area contributed by atoms with Gasteiger partial charge in [0, 0.05) is 23.7 Å². The Morgan fingerprint density at radius 3 is 2.00 bits per heavy atom. The van der Waals surface area contributed by atoms with E-state index in [1.165, 1.54) is 19.3 Å². The summed E-state index contributed by atoms with van der Waals surface area (Å²) in [5.74, 6) is -2.10. The van der Waals surface area contributed by atoms with Crippen LogP contribution in [0.1, 0.15) is 61.7 Å². The van der Waals surface area contributed by atoms with Crippen LogP contribution in [0.25, 0.3) is 0 Å². The fourth-order valence-corrected chi connectivity index (χ4v) is 3.93. The molecule has 3 rings (SSSR count). The predicted octanol–water partition coefficient (Wildman–Crippen LogP) is 4.74. The number of amides is 2. The second-order valence-corrected chi connectivity index (χ2v) is 7.95. The van der Waals surface area contributed by atoms with Gasteiger partial charge in [-0.15, -0.1) is 0 Å². The number of Topliss-reactive ketones (excluding diaryl/α,β-unsaturated/α-hetero) is 1. The van der Waals surface area contributed by atoms with Gasteiger partial charge in [0.25, 0.3) is 0 Å². The first-order valence-corrected chi connectivity index (χ1v) is 10.9. The van der Waals surface area contributed by atoms with Crippen LogP contribution in [0.2, 0.25) is 0 Å².